The van der Waals surface area contributed by atoms with Crippen molar-refractivity contribution in [3.8, 4) is 23.0 Å². The molecule has 1 fully saturated rings. The lowest BCUT2D eigenvalue weighted by atomic mass is 10.1. The highest BCUT2D eigenvalue weighted by atomic mass is 35.5. The maximum atomic E-state index is 13.2. The van der Waals surface area contributed by atoms with Crippen molar-refractivity contribution in [2.45, 2.75) is 18.9 Å². The molecule has 11 heteroatoms. The molecule has 0 atom stereocenters. The summed E-state index contributed by atoms with van der Waals surface area (Å²) in [5, 5.41) is 18.9. The highest BCUT2D eigenvalue weighted by Gasteiger charge is 2.23. The minimum atomic E-state index is -0.478. The van der Waals surface area contributed by atoms with Crippen LogP contribution in [-0.2, 0) is 0 Å². The van der Waals surface area contributed by atoms with Gasteiger partial charge in [0, 0.05) is 35.8 Å². The SMILES string of the molecule is COc1cc2nccc(Oc3ccc(NC(=O)NC4CC4)c(Cl)c3)c2cc1C(=O)Nc1ccc(O)cc1Cl. The monoisotopic (exact) mass is 552 g/mol. The number of aromatic hydroxyl groups is 1. The van der Waals surface area contributed by atoms with Crippen molar-refractivity contribution in [1.29, 1.82) is 0 Å². The second-order valence-electron chi connectivity index (χ2n) is 8.61. The molecule has 4 N–H and O–H groups in total. The van der Waals surface area contributed by atoms with Gasteiger partial charge in [0.2, 0.25) is 0 Å². The van der Waals surface area contributed by atoms with E-state index in [2.05, 4.69) is 20.9 Å². The fraction of sp³-hybridized carbons (Fsp3) is 0.148. The van der Waals surface area contributed by atoms with Crippen LogP contribution >= 0.6 is 23.2 Å². The maximum absolute atomic E-state index is 13.2. The molecular formula is C27H22Cl2N4O5. The first-order valence-corrected chi connectivity index (χ1v) is 12.4. The normalized spacial score (nSPS) is 12.6. The number of anilines is 2. The van der Waals surface area contributed by atoms with E-state index in [1.54, 1.807) is 42.6 Å². The van der Waals surface area contributed by atoms with Crippen LogP contribution in [0.2, 0.25) is 10.0 Å². The number of fused-ring (bicyclic) bond motifs is 1. The number of nitrogens with one attached hydrogen (secondary N) is 3. The van der Waals surface area contributed by atoms with E-state index in [1.807, 2.05) is 0 Å². The van der Waals surface area contributed by atoms with Crippen LogP contribution in [0.25, 0.3) is 10.9 Å². The molecule has 0 saturated heterocycles. The standard InChI is InChI=1S/C27H22Cl2N4O5/c1-37-25-13-23-17(12-18(25)26(35)32-21-6-4-15(34)10-19(21)28)24(8-9-30-23)38-16-5-7-22(20(29)11-16)33-27(36)31-14-2-3-14/h4-14,34H,2-3H2,1H3,(H,32,35)(H2,31,33,36). The Morgan fingerprint density at radius 3 is 2.39 bits per heavy atom. The molecule has 1 aromatic heterocycles. The number of amides is 3. The van der Waals surface area contributed by atoms with Crippen LogP contribution in [0, 0.1) is 0 Å². The molecule has 3 aromatic carbocycles. The van der Waals surface area contributed by atoms with Crippen LogP contribution in [0.3, 0.4) is 0 Å². The molecule has 5 rings (SSSR count). The molecule has 38 heavy (non-hydrogen) atoms. The highest BCUT2D eigenvalue weighted by Crippen LogP contribution is 2.36. The average Bonchev–Trinajstić information content (AvgIpc) is 3.70. The Morgan fingerprint density at radius 2 is 1.68 bits per heavy atom. The zero-order valence-corrected chi connectivity index (χ0v) is 21.6. The molecular weight excluding hydrogens is 531 g/mol. The number of rotatable bonds is 7. The Labute approximate surface area is 227 Å². The number of phenols is 1. The van der Waals surface area contributed by atoms with Gasteiger partial charge in [-0.15, -0.1) is 0 Å². The molecule has 0 unspecified atom stereocenters. The molecule has 1 heterocycles. The van der Waals surface area contributed by atoms with Gasteiger partial charge in [-0.3, -0.25) is 9.78 Å². The largest absolute Gasteiger partial charge is 0.508 e. The number of pyridine rings is 1. The number of urea groups is 1. The summed E-state index contributed by atoms with van der Waals surface area (Å²) in [5.74, 6) is 0.659. The van der Waals surface area contributed by atoms with Gasteiger partial charge >= 0.3 is 6.03 Å². The van der Waals surface area contributed by atoms with Gasteiger partial charge < -0.3 is 30.5 Å². The van der Waals surface area contributed by atoms with E-state index in [-0.39, 0.29) is 28.4 Å². The first-order chi connectivity index (χ1) is 18.3. The van der Waals surface area contributed by atoms with E-state index in [0.717, 1.165) is 12.8 Å². The van der Waals surface area contributed by atoms with Crippen molar-refractivity contribution in [3.63, 3.8) is 0 Å². The van der Waals surface area contributed by atoms with E-state index >= 15 is 0 Å². The summed E-state index contributed by atoms with van der Waals surface area (Å²) < 4.78 is 11.5. The number of methoxy groups -OCH3 is 1. The fourth-order valence-corrected chi connectivity index (χ4v) is 4.18. The van der Waals surface area contributed by atoms with Crippen molar-refractivity contribution >= 4 is 57.4 Å². The topological polar surface area (TPSA) is 122 Å². The molecule has 0 spiro atoms. The van der Waals surface area contributed by atoms with E-state index in [9.17, 15) is 14.7 Å². The first kappa shape index (κ1) is 25.4. The summed E-state index contributed by atoms with van der Waals surface area (Å²) in [4.78, 5) is 29.6. The number of carbonyl (C=O) groups excluding carboxylic acids is 2. The van der Waals surface area contributed by atoms with Crippen molar-refractivity contribution < 1.29 is 24.2 Å². The number of carbonyl (C=O) groups is 2. The van der Waals surface area contributed by atoms with Crippen molar-refractivity contribution in [1.82, 2.24) is 10.3 Å². The third-order valence-electron chi connectivity index (χ3n) is 5.80. The summed E-state index contributed by atoms with van der Waals surface area (Å²) in [6.45, 7) is 0. The van der Waals surface area contributed by atoms with Gasteiger partial charge in [0.15, 0.2) is 0 Å². The summed E-state index contributed by atoms with van der Waals surface area (Å²) in [6, 6.07) is 14.0. The Hall–Kier alpha value is -4.21. The summed E-state index contributed by atoms with van der Waals surface area (Å²) in [7, 11) is 1.45. The molecule has 1 aliphatic carbocycles. The van der Waals surface area contributed by atoms with Crippen LogP contribution in [0.4, 0.5) is 16.2 Å². The van der Waals surface area contributed by atoms with Crippen molar-refractivity contribution in [2.24, 2.45) is 0 Å². The minimum Gasteiger partial charge on any atom is -0.508 e. The number of benzene rings is 3. The Bertz CT molecular complexity index is 1560. The van der Waals surface area contributed by atoms with Crippen LogP contribution in [0.1, 0.15) is 23.2 Å². The van der Waals surface area contributed by atoms with Crippen LogP contribution in [-0.4, -0.2) is 35.2 Å². The van der Waals surface area contributed by atoms with Crippen LogP contribution in [0.5, 0.6) is 23.0 Å². The Kier molecular flexibility index (Phi) is 7.13. The number of hydrogen-bond donors (Lipinski definition) is 4. The lowest BCUT2D eigenvalue weighted by Gasteiger charge is -2.14. The lowest BCUT2D eigenvalue weighted by molar-refractivity contribution is 0.102. The van der Waals surface area contributed by atoms with E-state index < -0.39 is 5.91 Å². The number of halogens is 2. The molecule has 194 valence electrons. The van der Waals surface area contributed by atoms with Gasteiger partial charge in [-0.2, -0.15) is 0 Å². The molecule has 3 amide bonds. The molecule has 0 aliphatic heterocycles. The molecule has 0 bridgehead atoms. The lowest BCUT2D eigenvalue weighted by Crippen LogP contribution is -2.30. The van der Waals surface area contributed by atoms with E-state index in [4.69, 9.17) is 32.7 Å². The zero-order valence-electron chi connectivity index (χ0n) is 20.0. The number of ether oxygens (including phenoxy) is 2. The average molecular weight is 553 g/mol. The molecule has 1 saturated carbocycles. The number of nitrogens with zero attached hydrogens (tertiary/aromatic N) is 1. The van der Waals surface area contributed by atoms with E-state index in [0.29, 0.717) is 44.5 Å². The van der Waals surface area contributed by atoms with Crippen molar-refractivity contribution in [2.75, 3.05) is 17.7 Å². The van der Waals surface area contributed by atoms with Gasteiger partial charge in [-0.05, 0) is 49.2 Å². The third kappa shape index (κ3) is 5.69. The Morgan fingerprint density at radius 1 is 0.947 bits per heavy atom. The maximum Gasteiger partial charge on any atom is 0.319 e. The van der Waals surface area contributed by atoms with Gasteiger partial charge in [0.1, 0.15) is 23.0 Å². The summed E-state index contributed by atoms with van der Waals surface area (Å²) >= 11 is 12.5. The van der Waals surface area contributed by atoms with Gasteiger partial charge in [-0.1, -0.05) is 23.2 Å². The number of phenolic OH excluding ortho intramolecular Hbond substituents is 1. The predicted molar refractivity (Wildman–Crippen MR) is 146 cm³/mol. The highest BCUT2D eigenvalue weighted by molar-refractivity contribution is 6.34. The third-order valence-corrected chi connectivity index (χ3v) is 6.42. The fourth-order valence-electron chi connectivity index (χ4n) is 3.74. The van der Waals surface area contributed by atoms with Crippen LogP contribution < -0.4 is 25.4 Å². The van der Waals surface area contributed by atoms with Crippen LogP contribution in [0.15, 0.2) is 60.8 Å². The molecule has 9 nitrogen and oxygen atoms in total. The number of hydrogen-bond acceptors (Lipinski definition) is 6. The second-order valence-corrected chi connectivity index (χ2v) is 9.43. The predicted octanol–water partition coefficient (Wildman–Crippen LogP) is 6.58. The van der Waals surface area contributed by atoms with Gasteiger partial charge in [0.05, 0.1) is 39.6 Å². The smallest absolute Gasteiger partial charge is 0.319 e. The first-order valence-electron chi connectivity index (χ1n) is 11.6. The zero-order chi connectivity index (χ0) is 26.8. The Balaban J connectivity index is 1.41. The molecule has 0 radical (unpaired) electrons. The quantitative estimate of drug-likeness (QED) is 0.192. The molecule has 4 aromatic rings. The second kappa shape index (κ2) is 10.6. The minimum absolute atomic E-state index is 0.0189. The summed E-state index contributed by atoms with van der Waals surface area (Å²) in [6.07, 6.45) is 3.54. The van der Waals surface area contributed by atoms with E-state index in [1.165, 1.54) is 25.3 Å². The summed E-state index contributed by atoms with van der Waals surface area (Å²) in [5.41, 5.74) is 1.54. The van der Waals surface area contributed by atoms with Gasteiger partial charge in [-0.25, -0.2) is 4.79 Å². The number of aromatic nitrogens is 1. The van der Waals surface area contributed by atoms with Gasteiger partial charge in [0.25, 0.3) is 5.91 Å². The molecule has 1 aliphatic rings. The van der Waals surface area contributed by atoms with Crippen molar-refractivity contribution in [3.05, 3.63) is 76.4 Å².